The highest BCUT2D eigenvalue weighted by Crippen LogP contribution is 2.15. The zero-order valence-corrected chi connectivity index (χ0v) is 11.4. The number of hydrogen-bond donors (Lipinski definition) is 1. The fraction of sp³-hybridized carbons (Fsp3) is 0.438. The number of benzene rings is 1. The van der Waals surface area contributed by atoms with Gasteiger partial charge in [-0.1, -0.05) is 37.3 Å². The van der Waals surface area contributed by atoms with Gasteiger partial charge in [-0.25, -0.2) is 4.79 Å². The molecule has 3 heteroatoms. The van der Waals surface area contributed by atoms with Crippen LogP contribution in [0.4, 0.5) is 0 Å². The van der Waals surface area contributed by atoms with Crippen LogP contribution in [0.15, 0.2) is 35.9 Å². The number of carboxylic acids is 1. The lowest BCUT2D eigenvalue weighted by atomic mass is 10.0. The summed E-state index contributed by atoms with van der Waals surface area (Å²) >= 11 is 0. The van der Waals surface area contributed by atoms with Gasteiger partial charge in [0, 0.05) is 25.2 Å². The van der Waals surface area contributed by atoms with Crippen molar-refractivity contribution in [2.75, 3.05) is 19.6 Å². The molecule has 0 atom stereocenters. The molecule has 0 amide bonds. The highest BCUT2D eigenvalue weighted by Gasteiger charge is 2.13. The first-order chi connectivity index (χ1) is 9.20. The van der Waals surface area contributed by atoms with Gasteiger partial charge in [-0.15, -0.1) is 0 Å². The SMILES string of the molecule is CCC(=CCN1CCc2ccccc2CC1)C(=O)O. The third-order valence-corrected chi connectivity index (χ3v) is 3.76. The van der Waals surface area contributed by atoms with Crippen LogP contribution in [0.3, 0.4) is 0 Å². The summed E-state index contributed by atoms with van der Waals surface area (Å²) in [6, 6.07) is 8.58. The van der Waals surface area contributed by atoms with Gasteiger partial charge in [-0.05, 0) is 30.4 Å². The predicted octanol–water partition coefficient (Wildman–Crippen LogP) is 2.51. The van der Waals surface area contributed by atoms with Crippen molar-refractivity contribution in [3.63, 3.8) is 0 Å². The van der Waals surface area contributed by atoms with Crippen LogP contribution in [-0.4, -0.2) is 35.6 Å². The molecule has 1 heterocycles. The van der Waals surface area contributed by atoms with E-state index in [1.165, 1.54) is 11.1 Å². The van der Waals surface area contributed by atoms with Gasteiger partial charge in [0.25, 0.3) is 0 Å². The standard InChI is InChI=1S/C16H21NO2/c1-2-13(16(18)19)7-10-17-11-8-14-5-3-4-6-15(14)9-12-17/h3-7H,2,8-12H2,1H3,(H,18,19). The van der Waals surface area contributed by atoms with Crippen LogP contribution in [0.25, 0.3) is 0 Å². The normalized spacial score (nSPS) is 16.8. The van der Waals surface area contributed by atoms with Gasteiger partial charge in [-0.2, -0.15) is 0 Å². The van der Waals surface area contributed by atoms with Crippen molar-refractivity contribution in [1.29, 1.82) is 0 Å². The number of rotatable bonds is 4. The topological polar surface area (TPSA) is 40.5 Å². The van der Waals surface area contributed by atoms with Gasteiger partial charge in [0.05, 0.1) is 0 Å². The fourth-order valence-electron chi connectivity index (χ4n) is 2.52. The van der Waals surface area contributed by atoms with Gasteiger partial charge < -0.3 is 5.11 Å². The van der Waals surface area contributed by atoms with Crippen LogP contribution in [0.2, 0.25) is 0 Å². The van der Waals surface area contributed by atoms with Crippen molar-refractivity contribution < 1.29 is 9.90 Å². The predicted molar refractivity (Wildman–Crippen MR) is 76.3 cm³/mol. The molecule has 1 aliphatic heterocycles. The van der Waals surface area contributed by atoms with E-state index in [0.717, 1.165) is 32.5 Å². The highest BCUT2D eigenvalue weighted by atomic mass is 16.4. The Hall–Kier alpha value is -1.61. The molecule has 0 saturated heterocycles. The summed E-state index contributed by atoms with van der Waals surface area (Å²) in [6.45, 7) is 4.63. The van der Waals surface area contributed by atoms with Crippen LogP contribution >= 0.6 is 0 Å². The molecule has 3 nitrogen and oxygen atoms in total. The van der Waals surface area contributed by atoms with Gasteiger partial charge in [0.2, 0.25) is 0 Å². The number of carboxylic acid groups (broad SMARTS) is 1. The van der Waals surface area contributed by atoms with Crippen LogP contribution in [-0.2, 0) is 17.6 Å². The first-order valence-corrected chi connectivity index (χ1v) is 6.92. The zero-order valence-electron chi connectivity index (χ0n) is 11.4. The van der Waals surface area contributed by atoms with Crippen LogP contribution in [0.5, 0.6) is 0 Å². The summed E-state index contributed by atoms with van der Waals surface area (Å²) < 4.78 is 0. The molecule has 0 unspecified atom stereocenters. The van der Waals surface area contributed by atoms with Gasteiger partial charge in [0.1, 0.15) is 0 Å². The van der Waals surface area contributed by atoms with E-state index in [4.69, 9.17) is 5.11 Å². The highest BCUT2D eigenvalue weighted by molar-refractivity contribution is 5.86. The van der Waals surface area contributed by atoms with Crippen molar-refractivity contribution in [2.45, 2.75) is 26.2 Å². The van der Waals surface area contributed by atoms with E-state index in [9.17, 15) is 4.79 Å². The van der Waals surface area contributed by atoms with E-state index in [-0.39, 0.29) is 0 Å². The van der Waals surface area contributed by atoms with Crippen molar-refractivity contribution in [3.05, 3.63) is 47.0 Å². The smallest absolute Gasteiger partial charge is 0.331 e. The van der Waals surface area contributed by atoms with Gasteiger partial charge in [0.15, 0.2) is 0 Å². The Bertz CT molecular complexity index is 452. The molecule has 0 radical (unpaired) electrons. The van der Waals surface area contributed by atoms with Crippen LogP contribution in [0.1, 0.15) is 24.5 Å². The minimum Gasteiger partial charge on any atom is -0.478 e. The van der Waals surface area contributed by atoms with E-state index in [0.29, 0.717) is 12.0 Å². The van der Waals surface area contributed by atoms with Crippen molar-refractivity contribution in [1.82, 2.24) is 4.90 Å². The lowest BCUT2D eigenvalue weighted by Crippen LogP contribution is -2.27. The Labute approximate surface area is 114 Å². The minimum atomic E-state index is -0.791. The molecule has 0 fully saturated rings. The monoisotopic (exact) mass is 259 g/mol. The number of nitrogens with zero attached hydrogens (tertiary/aromatic N) is 1. The zero-order chi connectivity index (χ0) is 13.7. The minimum absolute atomic E-state index is 0.516. The summed E-state index contributed by atoms with van der Waals surface area (Å²) in [5.74, 6) is -0.791. The first-order valence-electron chi connectivity index (χ1n) is 6.92. The summed E-state index contributed by atoms with van der Waals surface area (Å²) in [5, 5.41) is 9.01. The maximum atomic E-state index is 11.0. The largest absolute Gasteiger partial charge is 0.478 e. The number of hydrogen-bond acceptors (Lipinski definition) is 2. The summed E-state index contributed by atoms with van der Waals surface area (Å²) in [5.41, 5.74) is 3.38. The van der Waals surface area contributed by atoms with E-state index < -0.39 is 5.97 Å². The molecule has 1 aromatic carbocycles. The number of aliphatic carboxylic acids is 1. The lowest BCUT2D eigenvalue weighted by Gasteiger charge is -2.17. The summed E-state index contributed by atoms with van der Waals surface area (Å²) in [6.07, 6.45) is 4.55. The molecule has 1 aliphatic rings. The van der Waals surface area contributed by atoms with Crippen molar-refractivity contribution in [3.8, 4) is 0 Å². The molecule has 0 aliphatic carbocycles. The molecule has 102 valence electrons. The second-order valence-corrected chi connectivity index (χ2v) is 4.96. The average Bonchev–Trinajstić information content (AvgIpc) is 2.62. The Morgan fingerprint density at radius 2 is 1.84 bits per heavy atom. The van der Waals surface area contributed by atoms with E-state index in [2.05, 4.69) is 29.2 Å². The second-order valence-electron chi connectivity index (χ2n) is 4.96. The van der Waals surface area contributed by atoms with E-state index in [1.807, 2.05) is 13.0 Å². The quantitative estimate of drug-likeness (QED) is 0.845. The molecule has 0 bridgehead atoms. The maximum Gasteiger partial charge on any atom is 0.331 e. The fourth-order valence-corrected chi connectivity index (χ4v) is 2.52. The summed E-state index contributed by atoms with van der Waals surface area (Å²) in [7, 11) is 0. The molecular weight excluding hydrogens is 238 g/mol. The third-order valence-electron chi connectivity index (χ3n) is 3.76. The third kappa shape index (κ3) is 3.67. The molecule has 2 rings (SSSR count). The Morgan fingerprint density at radius 3 is 2.32 bits per heavy atom. The lowest BCUT2D eigenvalue weighted by molar-refractivity contribution is -0.132. The van der Waals surface area contributed by atoms with Crippen LogP contribution in [0, 0.1) is 0 Å². The van der Waals surface area contributed by atoms with Crippen LogP contribution < -0.4 is 0 Å². The van der Waals surface area contributed by atoms with Crippen molar-refractivity contribution >= 4 is 5.97 Å². The molecule has 0 saturated carbocycles. The first kappa shape index (κ1) is 13.8. The maximum absolute atomic E-state index is 11.0. The molecule has 1 aromatic rings. The second kappa shape index (κ2) is 6.53. The molecule has 19 heavy (non-hydrogen) atoms. The number of fused-ring (bicyclic) bond motifs is 1. The van der Waals surface area contributed by atoms with Crippen molar-refractivity contribution in [2.24, 2.45) is 0 Å². The number of carbonyl (C=O) groups is 1. The molecule has 0 aromatic heterocycles. The molecule has 1 N–H and O–H groups in total. The Balaban J connectivity index is 1.97. The van der Waals surface area contributed by atoms with E-state index in [1.54, 1.807) is 0 Å². The Kier molecular flexibility index (Phi) is 4.74. The molecular formula is C16H21NO2. The van der Waals surface area contributed by atoms with Gasteiger partial charge >= 0.3 is 5.97 Å². The summed E-state index contributed by atoms with van der Waals surface area (Å²) in [4.78, 5) is 13.3. The average molecular weight is 259 g/mol. The van der Waals surface area contributed by atoms with E-state index >= 15 is 0 Å². The Morgan fingerprint density at radius 1 is 1.26 bits per heavy atom. The molecule has 0 spiro atoms. The van der Waals surface area contributed by atoms with Gasteiger partial charge in [-0.3, -0.25) is 4.90 Å².